The van der Waals surface area contributed by atoms with Crippen LogP contribution in [0.25, 0.3) is 0 Å². The van der Waals surface area contributed by atoms with Crippen LogP contribution >= 0.6 is 0 Å². The van der Waals surface area contributed by atoms with E-state index in [0.29, 0.717) is 32.7 Å². The van der Waals surface area contributed by atoms with Crippen LogP contribution in [0.4, 0.5) is 0 Å². The molecule has 1 rings (SSSR count). The molecular formula is C21H30O3. The van der Waals surface area contributed by atoms with Crippen LogP contribution in [0.15, 0.2) is 24.3 Å². The van der Waals surface area contributed by atoms with Crippen LogP contribution in [-0.2, 0) is 27.3 Å². The average Bonchev–Trinajstić information content (AvgIpc) is 2.60. The van der Waals surface area contributed by atoms with E-state index >= 15 is 0 Å². The van der Waals surface area contributed by atoms with E-state index in [0.717, 1.165) is 24.0 Å². The van der Waals surface area contributed by atoms with Gasteiger partial charge in [-0.15, -0.1) is 11.8 Å². The first-order valence-electron chi connectivity index (χ1n) is 9.03. The van der Waals surface area contributed by atoms with Crippen LogP contribution in [0.3, 0.4) is 0 Å². The molecule has 3 nitrogen and oxygen atoms in total. The first kappa shape index (κ1) is 20.3. The first-order valence-corrected chi connectivity index (χ1v) is 9.03. The molecular weight excluding hydrogens is 300 g/mol. The fourth-order valence-corrected chi connectivity index (χ4v) is 2.24. The second-order valence-corrected chi connectivity index (χ2v) is 5.73. The summed E-state index contributed by atoms with van der Waals surface area (Å²) in [5.41, 5.74) is 2.29. The molecule has 0 saturated heterocycles. The highest BCUT2D eigenvalue weighted by Crippen LogP contribution is 2.08. The van der Waals surface area contributed by atoms with Crippen LogP contribution < -0.4 is 0 Å². The van der Waals surface area contributed by atoms with Crippen molar-refractivity contribution in [3.05, 3.63) is 35.4 Å². The van der Waals surface area contributed by atoms with Gasteiger partial charge in [0.1, 0.15) is 0 Å². The monoisotopic (exact) mass is 330 g/mol. The summed E-state index contributed by atoms with van der Waals surface area (Å²) < 4.78 is 10.6. The fourth-order valence-electron chi connectivity index (χ4n) is 2.24. The van der Waals surface area contributed by atoms with Gasteiger partial charge in [-0.3, -0.25) is 4.79 Å². The number of unbranched alkanes of at least 4 members (excludes halogenated alkanes) is 3. The Morgan fingerprint density at radius 1 is 1.00 bits per heavy atom. The number of ether oxygens (including phenoxy) is 2. The zero-order valence-corrected chi connectivity index (χ0v) is 15.1. The number of carbonyl (C=O) groups is 1. The topological polar surface area (TPSA) is 35.5 Å². The van der Waals surface area contributed by atoms with Crippen molar-refractivity contribution >= 4 is 5.97 Å². The Labute approximate surface area is 146 Å². The quantitative estimate of drug-likeness (QED) is 0.336. The summed E-state index contributed by atoms with van der Waals surface area (Å²) in [7, 11) is 0. The zero-order valence-electron chi connectivity index (χ0n) is 15.1. The van der Waals surface area contributed by atoms with Gasteiger partial charge in [0.2, 0.25) is 0 Å². The summed E-state index contributed by atoms with van der Waals surface area (Å²) in [5.74, 6) is 6.21. The number of benzene rings is 1. The van der Waals surface area contributed by atoms with Gasteiger partial charge >= 0.3 is 5.97 Å². The third-order valence-electron chi connectivity index (χ3n) is 3.62. The molecule has 24 heavy (non-hydrogen) atoms. The maximum Gasteiger partial charge on any atom is 0.306 e. The molecule has 0 aliphatic carbocycles. The SMILES string of the molecule is CCCCCC#CCCOCc1ccc(CCC(=O)OCC)cc1. The van der Waals surface area contributed by atoms with Crippen molar-refractivity contribution in [3.63, 3.8) is 0 Å². The van der Waals surface area contributed by atoms with Gasteiger partial charge in [-0.25, -0.2) is 0 Å². The van der Waals surface area contributed by atoms with E-state index in [1.807, 2.05) is 19.1 Å². The standard InChI is InChI=1S/C21H30O3/c1-3-5-6-7-8-9-10-17-23-18-20-13-11-19(12-14-20)15-16-21(22)24-4-2/h11-14H,3-7,10,15-18H2,1-2H3. The zero-order chi connectivity index (χ0) is 17.5. The highest BCUT2D eigenvalue weighted by molar-refractivity contribution is 5.69. The molecule has 0 bridgehead atoms. The van der Waals surface area contributed by atoms with E-state index < -0.39 is 0 Å². The third kappa shape index (κ3) is 10.1. The highest BCUT2D eigenvalue weighted by Gasteiger charge is 2.02. The molecule has 0 radical (unpaired) electrons. The summed E-state index contributed by atoms with van der Waals surface area (Å²) in [6.45, 7) is 5.75. The molecule has 0 spiro atoms. The van der Waals surface area contributed by atoms with E-state index in [2.05, 4.69) is 30.9 Å². The average molecular weight is 330 g/mol. The van der Waals surface area contributed by atoms with Crippen molar-refractivity contribution in [1.82, 2.24) is 0 Å². The van der Waals surface area contributed by atoms with E-state index in [-0.39, 0.29) is 5.97 Å². The molecule has 0 amide bonds. The van der Waals surface area contributed by atoms with Gasteiger partial charge in [0.25, 0.3) is 0 Å². The molecule has 0 heterocycles. The van der Waals surface area contributed by atoms with Crippen LogP contribution in [0.1, 0.15) is 63.5 Å². The fraction of sp³-hybridized carbons (Fsp3) is 0.571. The maximum atomic E-state index is 11.3. The lowest BCUT2D eigenvalue weighted by Gasteiger charge is -2.05. The van der Waals surface area contributed by atoms with Gasteiger partial charge < -0.3 is 9.47 Å². The van der Waals surface area contributed by atoms with Crippen LogP contribution in [0, 0.1) is 11.8 Å². The number of hydrogen-bond acceptors (Lipinski definition) is 3. The lowest BCUT2D eigenvalue weighted by Crippen LogP contribution is -2.05. The van der Waals surface area contributed by atoms with Crippen molar-refractivity contribution in [1.29, 1.82) is 0 Å². The molecule has 1 aromatic carbocycles. The Hall–Kier alpha value is -1.79. The van der Waals surface area contributed by atoms with Gasteiger partial charge in [0, 0.05) is 19.3 Å². The largest absolute Gasteiger partial charge is 0.466 e. The molecule has 0 fully saturated rings. The molecule has 0 aromatic heterocycles. The van der Waals surface area contributed by atoms with Crippen LogP contribution in [0.2, 0.25) is 0 Å². The van der Waals surface area contributed by atoms with Crippen molar-refractivity contribution in [2.24, 2.45) is 0 Å². The normalized spacial score (nSPS) is 10.1. The summed E-state index contributed by atoms with van der Waals surface area (Å²) in [5, 5.41) is 0. The van der Waals surface area contributed by atoms with E-state index in [4.69, 9.17) is 9.47 Å². The highest BCUT2D eigenvalue weighted by atomic mass is 16.5. The van der Waals surface area contributed by atoms with Crippen molar-refractivity contribution in [3.8, 4) is 11.8 Å². The van der Waals surface area contributed by atoms with Crippen LogP contribution in [0.5, 0.6) is 0 Å². The molecule has 1 aromatic rings. The second kappa shape index (κ2) is 13.6. The smallest absolute Gasteiger partial charge is 0.306 e. The number of esters is 1. The van der Waals surface area contributed by atoms with Gasteiger partial charge in [0.15, 0.2) is 0 Å². The third-order valence-corrected chi connectivity index (χ3v) is 3.62. The summed E-state index contributed by atoms with van der Waals surface area (Å²) in [4.78, 5) is 11.3. The Balaban J connectivity index is 2.15. The minimum Gasteiger partial charge on any atom is -0.466 e. The Kier molecular flexibility index (Phi) is 11.5. The summed E-state index contributed by atoms with van der Waals surface area (Å²) >= 11 is 0. The molecule has 0 N–H and O–H groups in total. The number of aryl methyl sites for hydroxylation is 1. The summed E-state index contributed by atoms with van der Waals surface area (Å²) in [6.07, 6.45) is 6.65. The van der Waals surface area contributed by atoms with Gasteiger partial charge in [-0.05, 0) is 30.9 Å². The molecule has 0 unspecified atom stereocenters. The lowest BCUT2D eigenvalue weighted by molar-refractivity contribution is -0.143. The van der Waals surface area contributed by atoms with Gasteiger partial charge in [0.05, 0.1) is 19.8 Å². The number of carbonyl (C=O) groups excluding carboxylic acids is 1. The second-order valence-electron chi connectivity index (χ2n) is 5.73. The van der Waals surface area contributed by atoms with Gasteiger partial charge in [-0.1, -0.05) is 44.0 Å². The first-order chi connectivity index (χ1) is 11.8. The molecule has 0 atom stereocenters. The predicted octanol–water partition coefficient (Wildman–Crippen LogP) is 4.67. The van der Waals surface area contributed by atoms with Crippen LogP contribution in [-0.4, -0.2) is 19.2 Å². The molecule has 0 saturated carbocycles. The minimum absolute atomic E-state index is 0.138. The minimum atomic E-state index is -0.138. The Bertz CT molecular complexity index is 508. The number of rotatable bonds is 11. The predicted molar refractivity (Wildman–Crippen MR) is 97.6 cm³/mol. The molecule has 0 aliphatic heterocycles. The molecule has 0 aliphatic rings. The van der Waals surface area contributed by atoms with Crippen molar-refractivity contribution in [2.75, 3.05) is 13.2 Å². The van der Waals surface area contributed by atoms with Crippen molar-refractivity contribution in [2.45, 2.75) is 65.4 Å². The lowest BCUT2D eigenvalue weighted by atomic mass is 10.1. The Morgan fingerprint density at radius 3 is 2.42 bits per heavy atom. The summed E-state index contributed by atoms with van der Waals surface area (Å²) in [6, 6.07) is 8.20. The van der Waals surface area contributed by atoms with E-state index in [1.165, 1.54) is 19.3 Å². The van der Waals surface area contributed by atoms with Gasteiger partial charge in [-0.2, -0.15) is 0 Å². The maximum absolute atomic E-state index is 11.3. The molecule has 3 heteroatoms. The molecule has 132 valence electrons. The van der Waals surface area contributed by atoms with E-state index in [9.17, 15) is 4.79 Å². The van der Waals surface area contributed by atoms with E-state index in [1.54, 1.807) is 0 Å². The number of hydrogen-bond donors (Lipinski definition) is 0. The Morgan fingerprint density at radius 2 is 1.71 bits per heavy atom. The van der Waals surface area contributed by atoms with Crippen molar-refractivity contribution < 1.29 is 14.3 Å².